The van der Waals surface area contributed by atoms with Crippen LogP contribution >= 0.6 is 23.2 Å². The highest BCUT2D eigenvalue weighted by Gasteiger charge is 2.15. The molecule has 1 N–H and O–H groups in total. The van der Waals surface area contributed by atoms with Crippen molar-refractivity contribution in [1.29, 1.82) is 0 Å². The number of aryl methyl sites for hydroxylation is 1. The van der Waals surface area contributed by atoms with Crippen LogP contribution in [-0.2, 0) is 19.6 Å². The Morgan fingerprint density at radius 1 is 1.17 bits per heavy atom. The third kappa shape index (κ3) is 3.07. The molecule has 1 aromatic carbocycles. The zero-order chi connectivity index (χ0) is 16.5. The summed E-state index contributed by atoms with van der Waals surface area (Å²) in [6.07, 6.45) is 4.85. The van der Waals surface area contributed by atoms with Crippen molar-refractivity contribution in [2.24, 2.45) is 0 Å². The molecule has 0 atom stereocenters. The molecule has 1 aliphatic heterocycles. The number of benzene rings is 1. The van der Waals surface area contributed by atoms with Gasteiger partial charge in [-0.3, -0.25) is 4.68 Å². The van der Waals surface area contributed by atoms with Crippen LogP contribution in [0.25, 0.3) is 11.5 Å². The molecule has 0 fully saturated rings. The van der Waals surface area contributed by atoms with E-state index in [0.29, 0.717) is 16.6 Å². The summed E-state index contributed by atoms with van der Waals surface area (Å²) in [6.45, 7) is 3.49. The van der Waals surface area contributed by atoms with Gasteiger partial charge >= 0.3 is 0 Å². The Bertz CT molecular complexity index is 844. The van der Waals surface area contributed by atoms with E-state index in [1.165, 1.54) is 5.69 Å². The van der Waals surface area contributed by atoms with Gasteiger partial charge < -0.3 is 9.88 Å². The summed E-state index contributed by atoms with van der Waals surface area (Å²) in [6, 6.07) is 7.80. The smallest absolute Gasteiger partial charge is 0.160 e. The van der Waals surface area contributed by atoms with Crippen molar-refractivity contribution >= 4 is 23.2 Å². The Morgan fingerprint density at radius 2 is 2.08 bits per heavy atom. The molecule has 1 aliphatic rings. The SMILES string of the molecule is Clc1ccc(Cn2ccnc2-c2cc3n(n2)CCCNC3)cc1Cl. The van der Waals surface area contributed by atoms with E-state index in [1.807, 2.05) is 24.4 Å². The van der Waals surface area contributed by atoms with Crippen molar-refractivity contribution in [3.05, 3.63) is 58.0 Å². The van der Waals surface area contributed by atoms with E-state index in [-0.39, 0.29) is 0 Å². The van der Waals surface area contributed by atoms with Crippen molar-refractivity contribution in [1.82, 2.24) is 24.6 Å². The molecule has 7 heteroatoms. The van der Waals surface area contributed by atoms with Crippen LogP contribution in [0.1, 0.15) is 17.7 Å². The van der Waals surface area contributed by atoms with Gasteiger partial charge in [-0.1, -0.05) is 29.3 Å². The normalized spacial score (nSPS) is 14.4. The zero-order valence-corrected chi connectivity index (χ0v) is 14.6. The number of aromatic nitrogens is 4. The first kappa shape index (κ1) is 15.7. The van der Waals surface area contributed by atoms with Crippen LogP contribution in [0, 0.1) is 0 Å². The predicted molar refractivity (Wildman–Crippen MR) is 95.3 cm³/mol. The Kier molecular flexibility index (Phi) is 4.31. The third-order valence-corrected chi connectivity index (χ3v) is 4.91. The van der Waals surface area contributed by atoms with Gasteiger partial charge in [0.25, 0.3) is 0 Å². The van der Waals surface area contributed by atoms with Crippen LogP contribution in [0.15, 0.2) is 36.7 Å². The fourth-order valence-corrected chi connectivity index (χ4v) is 3.30. The van der Waals surface area contributed by atoms with Gasteiger partial charge in [0.2, 0.25) is 0 Å². The third-order valence-electron chi connectivity index (χ3n) is 4.17. The quantitative estimate of drug-likeness (QED) is 0.775. The lowest BCUT2D eigenvalue weighted by molar-refractivity contribution is 0.588. The van der Waals surface area contributed by atoms with E-state index in [2.05, 4.69) is 25.6 Å². The van der Waals surface area contributed by atoms with Gasteiger partial charge in [-0.25, -0.2) is 4.98 Å². The van der Waals surface area contributed by atoms with Crippen LogP contribution in [0.3, 0.4) is 0 Å². The minimum absolute atomic E-state index is 0.565. The molecular weight excluding hydrogens is 345 g/mol. The molecule has 5 nitrogen and oxygen atoms in total. The minimum Gasteiger partial charge on any atom is -0.325 e. The second kappa shape index (κ2) is 6.59. The maximum atomic E-state index is 6.12. The Morgan fingerprint density at radius 3 is 2.96 bits per heavy atom. The second-order valence-corrected chi connectivity index (χ2v) is 6.72. The first-order valence-corrected chi connectivity index (χ1v) is 8.69. The highest BCUT2D eigenvalue weighted by atomic mass is 35.5. The molecule has 0 spiro atoms. The molecule has 3 aromatic rings. The summed E-state index contributed by atoms with van der Waals surface area (Å²) in [5.41, 5.74) is 3.18. The summed E-state index contributed by atoms with van der Waals surface area (Å²) in [5, 5.41) is 9.28. The molecular formula is C17H17Cl2N5. The summed E-state index contributed by atoms with van der Waals surface area (Å²) in [5.74, 6) is 0.863. The van der Waals surface area contributed by atoms with Crippen LogP contribution in [-0.4, -0.2) is 25.9 Å². The lowest BCUT2D eigenvalue weighted by Crippen LogP contribution is -2.11. The number of rotatable bonds is 3. The molecule has 124 valence electrons. The number of nitrogens with zero attached hydrogens (tertiary/aromatic N) is 4. The molecule has 0 amide bonds. The van der Waals surface area contributed by atoms with E-state index >= 15 is 0 Å². The van der Waals surface area contributed by atoms with Gasteiger partial charge in [0.05, 0.1) is 15.7 Å². The van der Waals surface area contributed by atoms with E-state index < -0.39 is 0 Å². The molecule has 0 saturated carbocycles. The first-order valence-electron chi connectivity index (χ1n) is 7.93. The van der Waals surface area contributed by atoms with Crippen LogP contribution in [0.4, 0.5) is 0 Å². The topological polar surface area (TPSA) is 47.7 Å². The Labute approximate surface area is 150 Å². The summed E-state index contributed by atoms with van der Waals surface area (Å²) < 4.78 is 4.16. The molecule has 4 rings (SSSR count). The van der Waals surface area contributed by atoms with Gasteiger partial charge in [-0.15, -0.1) is 0 Å². The number of nitrogens with one attached hydrogen (secondary N) is 1. The van der Waals surface area contributed by atoms with Gasteiger partial charge in [0.1, 0.15) is 5.69 Å². The first-order chi connectivity index (χ1) is 11.7. The Hall–Kier alpha value is -1.82. The van der Waals surface area contributed by atoms with E-state index in [4.69, 9.17) is 28.3 Å². The number of fused-ring (bicyclic) bond motifs is 1. The molecule has 0 bridgehead atoms. The number of hydrogen-bond donors (Lipinski definition) is 1. The molecule has 0 radical (unpaired) electrons. The van der Waals surface area contributed by atoms with E-state index in [1.54, 1.807) is 6.20 Å². The molecule has 0 unspecified atom stereocenters. The van der Waals surface area contributed by atoms with Crippen molar-refractivity contribution in [3.63, 3.8) is 0 Å². The Balaban J connectivity index is 1.64. The van der Waals surface area contributed by atoms with Gasteiger partial charge in [0, 0.05) is 32.0 Å². The van der Waals surface area contributed by atoms with Crippen molar-refractivity contribution in [3.8, 4) is 11.5 Å². The van der Waals surface area contributed by atoms with Crippen molar-refractivity contribution < 1.29 is 0 Å². The highest BCUT2D eigenvalue weighted by molar-refractivity contribution is 6.42. The fraction of sp³-hybridized carbons (Fsp3) is 0.294. The fourth-order valence-electron chi connectivity index (χ4n) is 2.98. The molecule has 3 heterocycles. The van der Waals surface area contributed by atoms with Crippen LogP contribution in [0.5, 0.6) is 0 Å². The van der Waals surface area contributed by atoms with E-state index in [0.717, 1.165) is 43.1 Å². The molecule has 0 saturated heterocycles. The zero-order valence-electron chi connectivity index (χ0n) is 13.0. The maximum absolute atomic E-state index is 6.12. The minimum atomic E-state index is 0.565. The van der Waals surface area contributed by atoms with Crippen LogP contribution in [0.2, 0.25) is 10.0 Å². The largest absolute Gasteiger partial charge is 0.325 e. The number of imidazole rings is 1. The average Bonchev–Trinajstić information content (AvgIpc) is 3.12. The second-order valence-electron chi connectivity index (χ2n) is 5.90. The van der Waals surface area contributed by atoms with Gasteiger partial charge in [0.15, 0.2) is 5.82 Å². The summed E-state index contributed by atoms with van der Waals surface area (Å²) in [4.78, 5) is 4.50. The van der Waals surface area contributed by atoms with Crippen molar-refractivity contribution in [2.75, 3.05) is 6.54 Å². The van der Waals surface area contributed by atoms with Gasteiger partial charge in [-0.05, 0) is 36.7 Å². The van der Waals surface area contributed by atoms with Crippen LogP contribution < -0.4 is 5.32 Å². The molecule has 24 heavy (non-hydrogen) atoms. The number of halogens is 2. The standard InChI is InChI=1S/C17H17Cl2N5/c18-14-3-2-12(8-15(14)19)11-23-7-5-21-17(23)16-9-13-10-20-4-1-6-24(13)22-16/h2-3,5,7-9,20H,1,4,6,10-11H2. The summed E-state index contributed by atoms with van der Waals surface area (Å²) >= 11 is 12.1. The predicted octanol–water partition coefficient (Wildman–Crippen LogP) is 3.60. The van der Waals surface area contributed by atoms with Crippen molar-refractivity contribution in [2.45, 2.75) is 26.1 Å². The monoisotopic (exact) mass is 361 g/mol. The van der Waals surface area contributed by atoms with Gasteiger partial charge in [-0.2, -0.15) is 5.10 Å². The lowest BCUT2D eigenvalue weighted by atomic mass is 10.2. The average molecular weight is 362 g/mol. The highest BCUT2D eigenvalue weighted by Crippen LogP contribution is 2.24. The number of hydrogen-bond acceptors (Lipinski definition) is 3. The summed E-state index contributed by atoms with van der Waals surface area (Å²) in [7, 11) is 0. The lowest BCUT2D eigenvalue weighted by Gasteiger charge is -2.07. The molecule has 2 aromatic heterocycles. The molecule has 0 aliphatic carbocycles. The van der Waals surface area contributed by atoms with E-state index in [9.17, 15) is 0 Å². The maximum Gasteiger partial charge on any atom is 0.160 e.